The van der Waals surface area contributed by atoms with E-state index in [0.717, 1.165) is 24.1 Å². The van der Waals surface area contributed by atoms with E-state index in [1.165, 1.54) is 16.5 Å². The van der Waals surface area contributed by atoms with Crippen LogP contribution in [0.2, 0.25) is 0 Å². The molecule has 1 fully saturated rings. The Balaban J connectivity index is 1.51. The Bertz CT molecular complexity index is 1030. The molecule has 2 heterocycles. The van der Waals surface area contributed by atoms with Crippen molar-refractivity contribution in [2.45, 2.75) is 38.5 Å². The van der Waals surface area contributed by atoms with Gasteiger partial charge in [0.05, 0.1) is 5.92 Å². The van der Waals surface area contributed by atoms with E-state index >= 15 is 0 Å². The zero-order valence-corrected chi connectivity index (χ0v) is 16.9. The van der Waals surface area contributed by atoms with E-state index in [-0.39, 0.29) is 12.5 Å². The average molecular weight is 411 g/mol. The second-order valence-electron chi connectivity index (χ2n) is 7.92. The quantitative estimate of drug-likeness (QED) is 0.595. The Morgan fingerprint density at radius 3 is 2.50 bits per heavy atom. The van der Waals surface area contributed by atoms with Crippen LogP contribution in [0.25, 0.3) is 11.4 Å². The summed E-state index contributed by atoms with van der Waals surface area (Å²) < 4.78 is 33.5. The number of halogens is 2. The average Bonchev–Trinajstić information content (AvgIpc) is 3.24. The van der Waals surface area contributed by atoms with E-state index in [0.29, 0.717) is 30.6 Å². The van der Waals surface area contributed by atoms with E-state index in [4.69, 9.17) is 4.52 Å². The lowest BCUT2D eigenvalue weighted by atomic mass is 9.97. The van der Waals surface area contributed by atoms with Crippen LogP contribution in [0.3, 0.4) is 0 Å². The van der Waals surface area contributed by atoms with Gasteiger partial charge in [0, 0.05) is 18.7 Å². The van der Waals surface area contributed by atoms with E-state index in [9.17, 15) is 13.6 Å². The van der Waals surface area contributed by atoms with Gasteiger partial charge in [0.1, 0.15) is 17.2 Å². The van der Waals surface area contributed by atoms with Crippen molar-refractivity contribution < 1.29 is 18.1 Å². The number of carbonyl (C=O) groups excluding carboxylic acids is 1. The summed E-state index contributed by atoms with van der Waals surface area (Å²) in [7, 11) is 0. The van der Waals surface area contributed by atoms with Crippen LogP contribution < -0.4 is 0 Å². The van der Waals surface area contributed by atoms with Crippen molar-refractivity contribution in [1.82, 2.24) is 15.0 Å². The molecule has 1 amide bonds. The van der Waals surface area contributed by atoms with Crippen LogP contribution >= 0.6 is 0 Å². The van der Waals surface area contributed by atoms with Crippen LogP contribution in [-0.2, 0) is 0 Å². The SMILES string of the molecule is CC(C)c1ccc(-c2noc([C@@H]3CCCN(C(=O)c4c(F)cccc4F)C3)n2)cc1. The van der Waals surface area contributed by atoms with E-state index in [1.807, 2.05) is 24.3 Å². The number of carbonyl (C=O) groups is 1. The number of likely N-dealkylation sites (tertiary alicyclic amines) is 1. The minimum Gasteiger partial charge on any atom is -0.339 e. The van der Waals surface area contributed by atoms with Gasteiger partial charge in [-0.2, -0.15) is 4.98 Å². The molecule has 156 valence electrons. The molecule has 1 saturated heterocycles. The molecule has 3 aromatic rings. The lowest BCUT2D eigenvalue weighted by Crippen LogP contribution is -2.40. The highest BCUT2D eigenvalue weighted by atomic mass is 19.1. The molecular formula is C23H23F2N3O2. The highest BCUT2D eigenvalue weighted by Gasteiger charge is 2.31. The van der Waals surface area contributed by atoms with Gasteiger partial charge in [-0.15, -0.1) is 0 Å². The second-order valence-corrected chi connectivity index (χ2v) is 7.92. The molecule has 0 aliphatic carbocycles. The first-order chi connectivity index (χ1) is 14.4. The molecule has 4 rings (SSSR count). The largest absolute Gasteiger partial charge is 0.339 e. The van der Waals surface area contributed by atoms with E-state index in [2.05, 4.69) is 24.0 Å². The maximum absolute atomic E-state index is 14.0. The van der Waals surface area contributed by atoms with Gasteiger partial charge in [-0.25, -0.2) is 8.78 Å². The maximum atomic E-state index is 14.0. The zero-order chi connectivity index (χ0) is 21.3. The summed E-state index contributed by atoms with van der Waals surface area (Å²) in [6.45, 7) is 4.97. The molecule has 2 aromatic carbocycles. The lowest BCUT2D eigenvalue weighted by Gasteiger charge is -2.31. The van der Waals surface area contributed by atoms with Crippen LogP contribution in [0, 0.1) is 11.6 Å². The number of hydrogen-bond donors (Lipinski definition) is 0. The van der Waals surface area contributed by atoms with Crippen LogP contribution in [0.5, 0.6) is 0 Å². The van der Waals surface area contributed by atoms with Crippen molar-refractivity contribution in [1.29, 1.82) is 0 Å². The Kier molecular flexibility index (Phi) is 5.61. The van der Waals surface area contributed by atoms with Gasteiger partial charge >= 0.3 is 0 Å². The summed E-state index contributed by atoms with van der Waals surface area (Å²) in [5.41, 5.74) is 1.56. The summed E-state index contributed by atoms with van der Waals surface area (Å²) in [5.74, 6) is -1.18. The first-order valence-electron chi connectivity index (χ1n) is 10.1. The van der Waals surface area contributed by atoms with Crippen molar-refractivity contribution in [3.8, 4) is 11.4 Å². The highest BCUT2D eigenvalue weighted by Crippen LogP contribution is 2.29. The maximum Gasteiger partial charge on any atom is 0.259 e. The molecule has 0 N–H and O–H groups in total. The third-order valence-corrected chi connectivity index (χ3v) is 5.51. The summed E-state index contributed by atoms with van der Waals surface area (Å²) in [4.78, 5) is 18.7. The number of amides is 1. The number of rotatable bonds is 4. The fourth-order valence-corrected chi connectivity index (χ4v) is 3.76. The summed E-state index contributed by atoms with van der Waals surface area (Å²) in [6.07, 6.45) is 1.45. The van der Waals surface area contributed by atoms with Gasteiger partial charge in [0.2, 0.25) is 11.7 Å². The van der Waals surface area contributed by atoms with Gasteiger partial charge in [0.15, 0.2) is 0 Å². The molecule has 1 aliphatic heterocycles. The molecule has 5 nitrogen and oxygen atoms in total. The monoisotopic (exact) mass is 411 g/mol. The van der Waals surface area contributed by atoms with E-state index in [1.54, 1.807) is 0 Å². The fraction of sp³-hybridized carbons (Fsp3) is 0.348. The molecule has 0 bridgehead atoms. The van der Waals surface area contributed by atoms with Crippen molar-refractivity contribution in [2.24, 2.45) is 0 Å². The summed E-state index contributed by atoms with van der Waals surface area (Å²) in [5, 5.41) is 4.08. The Hall–Kier alpha value is -3.09. The standard InChI is InChI=1S/C23H23F2N3O2/c1-14(2)15-8-10-16(11-9-15)21-26-22(30-27-21)17-5-4-12-28(13-17)23(29)20-18(24)6-3-7-19(20)25/h3,6-11,14,17H,4-5,12-13H2,1-2H3/t17-/m1/s1. The molecular weight excluding hydrogens is 388 g/mol. The van der Waals surface area contributed by atoms with Crippen LogP contribution in [-0.4, -0.2) is 34.0 Å². The summed E-state index contributed by atoms with van der Waals surface area (Å²) in [6, 6.07) is 11.4. The van der Waals surface area contributed by atoms with Crippen LogP contribution in [0.15, 0.2) is 47.0 Å². The molecule has 0 unspecified atom stereocenters. The minimum absolute atomic E-state index is 0.172. The Morgan fingerprint density at radius 2 is 1.83 bits per heavy atom. The van der Waals surface area contributed by atoms with Gasteiger partial charge in [0.25, 0.3) is 5.91 Å². The number of aromatic nitrogens is 2. The highest BCUT2D eigenvalue weighted by molar-refractivity contribution is 5.94. The van der Waals surface area contributed by atoms with Crippen LogP contribution in [0.1, 0.15) is 60.3 Å². The van der Waals surface area contributed by atoms with Gasteiger partial charge in [-0.3, -0.25) is 4.79 Å². The first kappa shape index (κ1) is 20.2. The van der Waals surface area contributed by atoms with Crippen molar-refractivity contribution in [2.75, 3.05) is 13.1 Å². The normalized spacial score (nSPS) is 16.8. The molecule has 0 saturated carbocycles. The van der Waals surface area contributed by atoms with Crippen molar-refractivity contribution in [3.05, 3.63) is 71.1 Å². The van der Waals surface area contributed by atoms with Crippen molar-refractivity contribution in [3.63, 3.8) is 0 Å². The summed E-state index contributed by atoms with van der Waals surface area (Å²) >= 11 is 0. The smallest absolute Gasteiger partial charge is 0.259 e. The zero-order valence-electron chi connectivity index (χ0n) is 16.9. The number of hydrogen-bond acceptors (Lipinski definition) is 4. The van der Waals surface area contributed by atoms with E-state index < -0.39 is 23.1 Å². The molecule has 1 atom stereocenters. The fourth-order valence-electron chi connectivity index (χ4n) is 3.76. The van der Waals surface area contributed by atoms with Gasteiger partial charge < -0.3 is 9.42 Å². The molecule has 7 heteroatoms. The predicted octanol–water partition coefficient (Wildman–Crippen LogP) is 5.16. The number of benzene rings is 2. The number of nitrogens with zero attached hydrogens (tertiary/aromatic N) is 3. The second kappa shape index (κ2) is 8.34. The predicted molar refractivity (Wildman–Crippen MR) is 108 cm³/mol. The topological polar surface area (TPSA) is 59.2 Å². The number of piperidine rings is 1. The molecule has 1 aromatic heterocycles. The minimum atomic E-state index is -0.855. The molecule has 30 heavy (non-hydrogen) atoms. The first-order valence-corrected chi connectivity index (χ1v) is 10.1. The third-order valence-electron chi connectivity index (χ3n) is 5.51. The van der Waals surface area contributed by atoms with Crippen molar-refractivity contribution >= 4 is 5.91 Å². The van der Waals surface area contributed by atoms with Crippen LogP contribution in [0.4, 0.5) is 8.78 Å². The molecule has 0 radical (unpaired) electrons. The third kappa shape index (κ3) is 3.97. The Morgan fingerprint density at radius 1 is 1.13 bits per heavy atom. The lowest BCUT2D eigenvalue weighted by molar-refractivity contribution is 0.0686. The Labute approximate surface area is 173 Å². The van der Waals surface area contributed by atoms with Gasteiger partial charge in [-0.1, -0.05) is 49.3 Å². The molecule has 0 spiro atoms. The van der Waals surface area contributed by atoms with Gasteiger partial charge in [-0.05, 0) is 36.5 Å². The molecule has 1 aliphatic rings.